The minimum absolute atomic E-state index is 0.0921. The second-order valence-electron chi connectivity index (χ2n) is 6.01. The molecule has 3 aromatic rings. The molecule has 0 aliphatic carbocycles. The first-order chi connectivity index (χ1) is 11.7. The molecule has 0 saturated carbocycles. The van der Waals surface area contributed by atoms with E-state index in [1.807, 2.05) is 24.3 Å². The zero-order chi connectivity index (χ0) is 16.9. The standard InChI is InChI=1S/C21H22O2S/c1-3-4-5-6-15-7-9-16(10-8-15)19-13-17-11-12-18(23-2)14-20(17)24-21(19)22/h7-14H,3-6H2,1-2H3. The first kappa shape index (κ1) is 16.7. The molecular weight excluding hydrogens is 316 g/mol. The molecule has 24 heavy (non-hydrogen) atoms. The van der Waals surface area contributed by atoms with Gasteiger partial charge in [-0.25, -0.2) is 0 Å². The number of rotatable bonds is 6. The van der Waals surface area contributed by atoms with Crippen molar-refractivity contribution in [3.8, 4) is 16.9 Å². The molecule has 1 aromatic heterocycles. The molecule has 2 nitrogen and oxygen atoms in total. The SMILES string of the molecule is CCCCCc1ccc(-c2cc3ccc(OC)cc3sc2=O)cc1. The van der Waals surface area contributed by atoms with E-state index in [2.05, 4.69) is 31.2 Å². The van der Waals surface area contributed by atoms with Crippen LogP contribution >= 0.6 is 11.3 Å². The molecule has 124 valence electrons. The Balaban J connectivity index is 1.91. The molecular formula is C21H22O2S. The summed E-state index contributed by atoms with van der Waals surface area (Å²) < 4.78 is 6.28. The van der Waals surface area contributed by atoms with E-state index in [9.17, 15) is 4.79 Å². The molecule has 0 amide bonds. The summed E-state index contributed by atoms with van der Waals surface area (Å²) in [4.78, 5) is 12.5. The molecule has 0 unspecified atom stereocenters. The smallest absolute Gasteiger partial charge is 0.240 e. The van der Waals surface area contributed by atoms with Crippen LogP contribution in [0.25, 0.3) is 21.2 Å². The summed E-state index contributed by atoms with van der Waals surface area (Å²) in [5.41, 5.74) is 3.11. The maximum absolute atomic E-state index is 12.5. The van der Waals surface area contributed by atoms with E-state index in [0.29, 0.717) is 0 Å². The molecule has 2 aromatic carbocycles. The molecule has 0 spiro atoms. The summed E-state index contributed by atoms with van der Waals surface area (Å²) in [7, 11) is 1.64. The van der Waals surface area contributed by atoms with Crippen molar-refractivity contribution in [2.75, 3.05) is 7.11 Å². The van der Waals surface area contributed by atoms with E-state index in [4.69, 9.17) is 4.74 Å². The lowest BCUT2D eigenvalue weighted by Crippen LogP contribution is -1.99. The second-order valence-corrected chi connectivity index (χ2v) is 7.02. The number of hydrogen-bond donors (Lipinski definition) is 0. The topological polar surface area (TPSA) is 26.3 Å². The summed E-state index contributed by atoms with van der Waals surface area (Å²) in [6.45, 7) is 2.22. The Hall–Kier alpha value is -2.13. The molecule has 3 rings (SSSR count). The van der Waals surface area contributed by atoms with E-state index >= 15 is 0 Å². The maximum Gasteiger partial charge on any atom is 0.240 e. The van der Waals surface area contributed by atoms with Crippen LogP contribution in [0.4, 0.5) is 0 Å². The Morgan fingerprint density at radius 2 is 1.79 bits per heavy atom. The summed E-state index contributed by atoms with van der Waals surface area (Å²) in [5, 5.41) is 1.07. The van der Waals surface area contributed by atoms with Gasteiger partial charge in [0, 0.05) is 10.3 Å². The van der Waals surface area contributed by atoms with Crippen LogP contribution in [-0.2, 0) is 6.42 Å². The fourth-order valence-corrected chi connectivity index (χ4v) is 3.76. The molecule has 0 aliphatic heterocycles. The Kier molecular flexibility index (Phi) is 5.31. The van der Waals surface area contributed by atoms with Crippen LogP contribution in [0.3, 0.4) is 0 Å². The number of benzene rings is 2. The van der Waals surface area contributed by atoms with Crippen LogP contribution in [0.2, 0.25) is 0 Å². The summed E-state index contributed by atoms with van der Waals surface area (Å²) in [6.07, 6.45) is 4.84. The normalized spacial score (nSPS) is 10.9. The van der Waals surface area contributed by atoms with Crippen molar-refractivity contribution >= 4 is 21.4 Å². The van der Waals surface area contributed by atoms with Crippen molar-refractivity contribution < 1.29 is 4.74 Å². The molecule has 0 atom stereocenters. The predicted octanol–water partition coefficient (Wildman–Crippen LogP) is 5.67. The van der Waals surface area contributed by atoms with E-state index in [1.165, 1.54) is 36.2 Å². The molecule has 0 saturated heterocycles. The van der Waals surface area contributed by atoms with Crippen LogP contribution in [0.5, 0.6) is 5.75 Å². The first-order valence-electron chi connectivity index (χ1n) is 8.42. The quantitative estimate of drug-likeness (QED) is 0.541. The van der Waals surface area contributed by atoms with Gasteiger partial charge in [0.05, 0.1) is 7.11 Å². The highest BCUT2D eigenvalue weighted by Crippen LogP contribution is 2.27. The van der Waals surface area contributed by atoms with Crippen molar-refractivity contribution in [1.82, 2.24) is 0 Å². The third kappa shape index (κ3) is 3.68. The number of aryl methyl sites for hydroxylation is 1. The van der Waals surface area contributed by atoms with Gasteiger partial charge >= 0.3 is 0 Å². The average Bonchev–Trinajstić information content (AvgIpc) is 2.61. The van der Waals surface area contributed by atoms with E-state index in [1.54, 1.807) is 7.11 Å². The summed E-state index contributed by atoms with van der Waals surface area (Å²) in [6, 6.07) is 16.3. The Bertz CT molecular complexity index is 878. The zero-order valence-electron chi connectivity index (χ0n) is 14.2. The van der Waals surface area contributed by atoms with Crippen molar-refractivity contribution in [2.45, 2.75) is 32.6 Å². The fraction of sp³-hybridized carbons (Fsp3) is 0.286. The number of hydrogen-bond acceptors (Lipinski definition) is 3. The van der Waals surface area contributed by atoms with Crippen LogP contribution in [-0.4, -0.2) is 7.11 Å². The highest BCUT2D eigenvalue weighted by atomic mass is 32.1. The first-order valence-corrected chi connectivity index (χ1v) is 9.24. The zero-order valence-corrected chi connectivity index (χ0v) is 15.0. The van der Waals surface area contributed by atoms with Gasteiger partial charge in [-0.2, -0.15) is 0 Å². The Morgan fingerprint density at radius 1 is 1.00 bits per heavy atom. The van der Waals surface area contributed by atoms with Gasteiger partial charge in [-0.15, -0.1) is 0 Å². The van der Waals surface area contributed by atoms with Gasteiger partial charge in [0.15, 0.2) is 0 Å². The second kappa shape index (κ2) is 7.63. The largest absolute Gasteiger partial charge is 0.497 e. The van der Waals surface area contributed by atoms with E-state index in [0.717, 1.165) is 33.4 Å². The van der Waals surface area contributed by atoms with Gasteiger partial charge in [-0.3, -0.25) is 4.79 Å². The molecule has 0 aliphatic rings. The third-order valence-electron chi connectivity index (χ3n) is 4.28. The number of ether oxygens (including phenoxy) is 1. The number of unbranched alkanes of at least 4 members (excludes halogenated alkanes) is 2. The molecule has 0 bridgehead atoms. The van der Waals surface area contributed by atoms with Crippen LogP contribution in [0.15, 0.2) is 53.3 Å². The van der Waals surface area contributed by atoms with Crippen molar-refractivity contribution in [3.05, 3.63) is 63.6 Å². The third-order valence-corrected chi connectivity index (χ3v) is 5.26. The van der Waals surface area contributed by atoms with E-state index < -0.39 is 0 Å². The van der Waals surface area contributed by atoms with Gasteiger partial charge in [0.2, 0.25) is 4.74 Å². The van der Waals surface area contributed by atoms with Gasteiger partial charge in [0.25, 0.3) is 0 Å². The summed E-state index contributed by atoms with van der Waals surface area (Å²) >= 11 is 1.28. The minimum Gasteiger partial charge on any atom is -0.497 e. The van der Waals surface area contributed by atoms with Crippen molar-refractivity contribution in [1.29, 1.82) is 0 Å². The monoisotopic (exact) mass is 338 g/mol. The highest BCUT2D eigenvalue weighted by molar-refractivity contribution is 7.16. The Labute approximate surface area is 146 Å². The molecule has 3 heteroatoms. The maximum atomic E-state index is 12.5. The van der Waals surface area contributed by atoms with Gasteiger partial charge in [-0.1, -0.05) is 55.4 Å². The molecule has 0 N–H and O–H groups in total. The molecule has 1 heterocycles. The molecule has 0 fully saturated rings. The van der Waals surface area contributed by atoms with Gasteiger partial charge < -0.3 is 4.74 Å². The van der Waals surface area contributed by atoms with Gasteiger partial charge in [-0.05, 0) is 53.6 Å². The average molecular weight is 338 g/mol. The van der Waals surface area contributed by atoms with Crippen molar-refractivity contribution in [3.63, 3.8) is 0 Å². The lowest BCUT2D eigenvalue weighted by atomic mass is 10.0. The number of methoxy groups -OCH3 is 1. The van der Waals surface area contributed by atoms with Crippen LogP contribution in [0, 0.1) is 0 Å². The number of fused-ring (bicyclic) bond motifs is 1. The van der Waals surface area contributed by atoms with Gasteiger partial charge in [0.1, 0.15) is 5.75 Å². The minimum atomic E-state index is 0.0921. The van der Waals surface area contributed by atoms with E-state index in [-0.39, 0.29) is 4.74 Å². The van der Waals surface area contributed by atoms with Crippen LogP contribution in [0.1, 0.15) is 31.7 Å². The lowest BCUT2D eigenvalue weighted by Gasteiger charge is -2.06. The van der Waals surface area contributed by atoms with Crippen LogP contribution < -0.4 is 9.48 Å². The highest BCUT2D eigenvalue weighted by Gasteiger charge is 2.07. The predicted molar refractivity (Wildman–Crippen MR) is 103 cm³/mol. The molecule has 0 radical (unpaired) electrons. The summed E-state index contributed by atoms with van der Waals surface area (Å²) in [5.74, 6) is 0.780. The lowest BCUT2D eigenvalue weighted by molar-refractivity contribution is 0.415. The van der Waals surface area contributed by atoms with Crippen molar-refractivity contribution in [2.24, 2.45) is 0 Å². The Morgan fingerprint density at radius 3 is 2.50 bits per heavy atom. The fourth-order valence-electron chi connectivity index (χ4n) is 2.85.